The first-order valence-corrected chi connectivity index (χ1v) is 6.90. The third kappa shape index (κ3) is 2.98. The zero-order valence-corrected chi connectivity index (χ0v) is 11.7. The van der Waals surface area contributed by atoms with E-state index in [9.17, 15) is 28.1 Å². The van der Waals surface area contributed by atoms with Crippen molar-refractivity contribution in [2.75, 3.05) is 13.6 Å². The number of sulfonamides is 1. The minimum absolute atomic E-state index is 0.480. The smallest absolute Gasteiger partial charge is 0.365 e. The number of quaternary nitrogens is 1. The molecule has 114 valence electrons. The number of amides is 3. The molecule has 1 unspecified atom stereocenters. The fourth-order valence-electron chi connectivity index (χ4n) is 1.57. The van der Waals surface area contributed by atoms with Gasteiger partial charge in [0, 0.05) is 12.1 Å². The highest BCUT2D eigenvalue weighted by atomic mass is 32.2. The lowest BCUT2D eigenvalue weighted by molar-refractivity contribution is -0.686. The number of carbonyl (C=O) groups is 2. The fourth-order valence-corrected chi connectivity index (χ4v) is 3.09. The summed E-state index contributed by atoms with van der Waals surface area (Å²) in [6.07, 6.45) is 0. The van der Waals surface area contributed by atoms with Crippen molar-refractivity contribution in [3.63, 3.8) is 0 Å². The first-order valence-electron chi connectivity index (χ1n) is 5.46. The number of urea groups is 1. The van der Waals surface area contributed by atoms with Crippen LogP contribution in [0, 0.1) is 10.1 Å². The highest BCUT2D eigenvalue weighted by Crippen LogP contribution is 2.25. The fraction of sp³-hybridized carbons (Fsp3) is 0.200. The van der Waals surface area contributed by atoms with E-state index < -0.39 is 47.9 Å². The number of nitrogens with zero attached hydrogens (tertiary/aromatic N) is 2. The van der Waals surface area contributed by atoms with E-state index in [4.69, 9.17) is 11.5 Å². The molecule has 0 saturated heterocycles. The van der Waals surface area contributed by atoms with E-state index in [1.807, 2.05) is 0 Å². The van der Waals surface area contributed by atoms with Crippen molar-refractivity contribution in [1.82, 2.24) is 0 Å². The van der Waals surface area contributed by atoms with Crippen LogP contribution in [0.15, 0.2) is 29.2 Å². The molecular weight excluding hydrogens is 304 g/mol. The van der Waals surface area contributed by atoms with Crippen molar-refractivity contribution in [3.05, 3.63) is 34.4 Å². The first-order chi connectivity index (χ1) is 9.52. The number of likely N-dealkylation sites (N-methyl/N-ethyl adjacent to an activating group) is 1. The van der Waals surface area contributed by atoms with Gasteiger partial charge in [0.1, 0.15) is 4.90 Å². The summed E-state index contributed by atoms with van der Waals surface area (Å²) in [7, 11) is -3.60. The van der Waals surface area contributed by atoms with Crippen LogP contribution < -0.4 is 11.5 Å². The summed E-state index contributed by atoms with van der Waals surface area (Å²) in [5.41, 5.74) is 9.51. The van der Waals surface area contributed by atoms with Crippen LogP contribution in [0.4, 0.5) is 10.5 Å². The third-order valence-electron chi connectivity index (χ3n) is 2.78. The van der Waals surface area contributed by atoms with Crippen molar-refractivity contribution < 1.29 is 26.8 Å². The van der Waals surface area contributed by atoms with E-state index in [0.717, 1.165) is 31.3 Å². The SMILES string of the molecule is C[N+](CC(N)=O)(C(N)=O)S(=O)(=O)c1cccc([N+](=O)[O-])c1. The Labute approximate surface area is 119 Å². The molecule has 1 aromatic carbocycles. The number of primary amides is 2. The van der Waals surface area contributed by atoms with Crippen LogP contribution in [-0.2, 0) is 14.8 Å². The Morgan fingerprint density at radius 2 is 1.90 bits per heavy atom. The molecule has 0 aliphatic carbocycles. The molecule has 0 aromatic heterocycles. The molecule has 1 aromatic rings. The maximum Gasteiger partial charge on any atom is 0.429 e. The zero-order chi connectivity index (χ0) is 16.4. The number of nitro groups is 1. The molecule has 0 heterocycles. The molecule has 0 aliphatic rings. The number of nitro benzene ring substituents is 1. The third-order valence-corrected chi connectivity index (χ3v) is 5.00. The van der Waals surface area contributed by atoms with Crippen LogP contribution in [0.5, 0.6) is 0 Å². The largest absolute Gasteiger partial charge is 0.429 e. The van der Waals surface area contributed by atoms with E-state index in [1.54, 1.807) is 0 Å². The zero-order valence-electron chi connectivity index (χ0n) is 10.9. The van der Waals surface area contributed by atoms with E-state index in [2.05, 4.69) is 0 Å². The second-order valence-corrected chi connectivity index (χ2v) is 6.52. The van der Waals surface area contributed by atoms with Crippen LogP contribution in [0.1, 0.15) is 0 Å². The van der Waals surface area contributed by atoms with Crippen LogP contribution in [0.2, 0.25) is 0 Å². The number of rotatable bonds is 5. The Morgan fingerprint density at radius 3 is 2.33 bits per heavy atom. The van der Waals surface area contributed by atoms with Gasteiger partial charge in [0.25, 0.3) is 11.6 Å². The summed E-state index contributed by atoms with van der Waals surface area (Å²) in [5, 5.41) is 10.7. The normalized spacial score (nSPS) is 14.1. The Bertz CT molecular complexity index is 716. The summed E-state index contributed by atoms with van der Waals surface area (Å²) >= 11 is 0. The van der Waals surface area contributed by atoms with Gasteiger partial charge in [-0.05, 0) is 6.07 Å². The van der Waals surface area contributed by atoms with Crippen molar-refractivity contribution in [3.8, 4) is 0 Å². The molecule has 11 heteroatoms. The van der Waals surface area contributed by atoms with Crippen LogP contribution in [-0.4, -0.2) is 42.8 Å². The number of benzene rings is 1. The number of hydrogen-bond donors (Lipinski definition) is 2. The van der Waals surface area contributed by atoms with Gasteiger partial charge < -0.3 is 11.5 Å². The van der Waals surface area contributed by atoms with Gasteiger partial charge in [-0.2, -0.15) is 8.42 Å². The van der Waals surface area contributed by atoms with Crippen molar-refractivity contribution in [2.45, 2.75) is 4.90 Å². The van der Waals surface area contributed by atoms with Gasteiger partial charge >= 0.3 is 16.1 Å². The van der Waals surface area contributed by atoms with E-state index >= 15 is 0 Å². The molecule has 0 aliphatic heterocycles. The van der Waals surface area contributed by atoms with E-state index in [0.29, 0.717) is 0 Å². The topological polar surface area (TPSA) is 163 Å². The Morgan fingerprint density at radius 1 is 1.33 bits per heavy atom. The number of carbonyl (C=O) groups excluding carboxylic acids is 2. The van der Waals surface area contributed by atoms with Crippen molar-refractivity contribution in [2.24, 2.45) is 11.5 Å². The van der Waals surface area contributed by atoms with Crippen LogP contribution in [0.25, 0.3) is 0 Å². The second kappa shape index (κ2) is 5.46. The summed E-state index contributed by atoms with van der Waals surface area (Å²) in [5.74, 6) is -1.06. The van der Waals surface area contributed by atoms with Gasteiger partial charge in [-0.1, -0.05) is 6.07 Å². The molecule has 10 nitrogen and oxygen atoms in total. The highest BCUT2D eigenvalue weighted by Gasteiger charge is 2.46. The van der Waals surface area contributed by atoms with Gasteiger partial charge in [0.2, 0.25) is 0 Å². The van der Waals surface area contributed by atoms with E-state index in [-0.39, 0.29) is 0 Å². The number of nitrogens with two attached hydrogens (primary N) is 2. The van der Waals surface area contributed by atoms with Crippen molar-refractivity contribution >= 4 is 27.6 Å². The first kappa shape index (κ1) is 16.5. The molecule has 0 bridgehead atoms. The van der Waals surface area contributed by atoms with Gasteiger partial charge in [-0.25, -0.2) is 4.79 Å². The standard InChI is InChI=1S/C10H12N4O6S/c1-14(10(12)16,6-9(11)15)21(19,20)8-4-2-3-7(5-8)13(17)18/h2-5H,6H2,1H3,(H3-,11,12,15,16)/p+1. The predicted octanol–water partition coefficient (Wildman–Crippen LogP) is -0.706. The maximum atomic E-state index is 12.4. The molecule has 1 rings (SSSR count). The quantitative estimate of drug-likeness (QED) is 0.414. The predicted molar refractivity (Wildman–Crippen MR) is 70.1 cm³/mol. The molecular formula is C10H13N4O6S+. The number of hydrogen-bond acceptors (Lipinski definition) is 6. The van der Waals surface area contributed by atoms with Crippen LogP contribution in [0.3, 0.4) is 0 Å². The molecule has 0 saturated carbocycles. The lowest BCUT2D eigenvalue weighted by Gasteiger charge is -2.26. The maximum absolute atomic E-state index is 12.4. The van der Waals surface area contributed by atoms with Gasteiger partial charge in [0.15, 0.2) is 6.54 Å². The Kier molecular flexibility index (Phi) is 4.29. The molecule has 0 fully saturated rings. The molecule has 21 heavy (non-hydrogen) atoms. The molecule has 3 amide bonds. The average Bonchev–Trinajstić information content (AvgIpc) is 2.37. The van der Waals surface area contributed by atoms with Gasteiger partial charge in [0.05, 0.1) is 12.0 Å². The van der Waals surface area contributed by atoms with E-state index in [1.165, 1.54) is 0 Å². The second-order valence-electron chi connectivity index (χ2n) is 4.29. The molecule has 1 atom stereocenters. The van der Waals surface area contributed by atoms with Crippen LogP contribution >= 0.6 is 0 Å². The monoisotopic (exact) mass is 317 g/mol. The highest BCUT2D eigenvalue weighted by molar-refractivity contribution is 7.86. The minimum Gasteiger partial charge on any atom is -0.365 e. The summed E-state index contributed by atoms with van der Waals surface area (Å²) in [6.45, 7) is -0.889. The summed E-state index contributed by atoms with van der Waals surface area (Å²) in [4.78, 5) is 31.8. The lowest BCUT2D eigenvalue weighted by Crippen LogP contribution is -2.59. The minimum atomic E-state index is -4.49. The lowest BCUT2D eigenvalue weighted by atomic mass is 10.3. The molecule has 0 spiro atoms. The van der Waals surface area contributed by atoms with Gasteiger partial charge in [-0.3, -0.25) is 14.9 Å². The van der Waals surface area contributed by atoms with Crippen molar-refractivity contribution in [1.29, 1.82) is 0 Å². The van der Waals surface area contributed by atoms with Gasteiger partial charge in [-0.15, -0.1) is 3.89 Å². The average molecular weight is 317 g/mol. The summed E-state index contributed by atoms with van der Waals surface area (Å²) in [6, 6.07) is 2.72. The number of non-ortho nitro benzene ring substituents is 1. The molecule has 0 radical (unpaired) electrons. The Hall–Kier alpha value is -2.53. The summed E-state index contributed by atoms with van der Waals surface area (Å²) < 4.78 is 23.4. The Balaban J connectivity index is 3.50. The molecule has 4 N–H and O–H groups in total.